The van der Waals surface area contributed by atoms with Crippen LogP contribution < -0.4 is 9.80 Å². The number of H-pyrrole nitrogens is 2. The fourth-order valence-corrected chi connectivity index (χ4v) is 6.97. The first kappa shape index (κ1) is 30.9. The molecule has 14 heteroatoms. The smallest absolute Gasteiger partial charge is 0.245 e. The Morgan fingerprint density at radius 3 is 1.93 bits per heavy atom. The van der Waals surface area contributed by atoms with E-state index >= 15 is 0 Å². The molecule has 2 amide bonds. The maximum atomic E-state index is 13.7. The van der Waals surface area contributed by atoms with Gasteiger partial charge in [-0.05, 0) is 36.8 Å². The van der Waals surface area contributed by atoms with Crippen LogP contribution in [-0.2, 0) is 9.59 Å². The second kappa shape index (κ2) is 12.7. The van der Waals surface area contributed by atoms with Gasteiger partial charge in [0.25, 0.3) is 0 Å². The van der Waals surface area contributed by atoms with Crippen LogP contribution in [0.3, 0.4) is 0 Å². The molecule has 0 aromatic carbocycles. The summed E-state index contributed by atoms with van der Waals surface area (Å²) in [4.78, 5) is 58.7. The van der Waals surface area contributed by atoms with Gasteiger partial charge in [0.1, 0.15) is 35.6 Å². The number of aromatic nitrogens is 6. The van der Waals surface area contributed by atoms with E-state index in [4.69, 9.17) is 5.41 Å². The van der Waals surface area contributed by atoms with Crippen molar-refractivity contribution in [3.8, 4) is 6.07 Å². The molecule has 4 aromatic rings. The van der Waals surface area contributed by atoms with Gasteiger partial charge in [0, 0.05) is 58.4 Å². The van der Waals surface area contributed by atoms with E-state index in [9.17, 15) is 14.9 Å². The lowest BCUT2D eigenvalue weighted by Gasteiger charge is -2.43. The summed E-state index contributed by atoms with van der Waals surface area (Å²) in [5, 5.41) is 20.6. The standard InChI is InChI=1S/C32H40N12O2/c1-19-7-11-43(15-25(19)41(3)30-21-5-9-35-28(21)37-17-39-30)27(45)13-24(34)23(14-33)32(46)44-12-8-20(2)26(16-44)42(4)31-22-6-10-36-29(22)38-18-40-31/h5-6,9-10,17-20,23,25-26,34H,7-8,11-13,15-16H2,1-4H3,(H,35,37,39)(H,36,38,40)/t19-,20-,23?,25+,26+/m1/s1. The minimum Gasteiger partial charge on any atom is -0.354 e. The average molecular weight is 625 g/mol. The number of anilines is 2. The normalized spacial score (nSPS) is 22.4. The molecular formula is C32H40N12O2. The molecule has 0 saturated carbocycles. The Kier molecular flexibility index (Phi) is 8.57. The summed E-state index contributed by atoms with van der Waals surface area (Å²) in [7, 11) is 3.94. The number of likely N-dealkylation sites (tertiary alicyclic amines) is 2. The molecule has 0 bridgehead atoms. The summed E-state index contributed by atoms with van der Waals surface area (Å²) in [6, 6.07) is 5.86. The predicted molar refractivity (Wildman–Crippen MR) is 174 cm³/mol. The van der Waals surface area contributed by atoms with Gasteiger partial charge >= 0.3 is 0 Å². The van der Waals surface area contributed by atoms with E-state index in [0.717, 1.165) is 46.5 Å². The highest BCUT2D eigenvalue weighted by molar-refractivity contribution is 6.11. The predicted octanol–water partition coefficient (Wildman–Crippen LogP) is 2.83. The van der Waals surface area contributed by atoms with Crippen LogP contribution in [0.4, 0.5) is 11.6 Å². The van der Waals surface area contributed by atoms with Gasteiger partial charge in [0.05, 0.1) is 35.3 Å². The van der Waals surface area contributed by atoms with Crippen LogP contribution in [0.15, 0.2) is 37.2 Å². The fourth-order valence-electron chi connectivity index (χ4n) is 6.97. The van der Waals surface area contributed by atoms with Gasteiger partial charge < -0.3 is 35.0 Å². The maximum absolute atomic E-state index is 13.7. The summed E-state index contributed by atoms with van der Waals surface area (Å²) < 4.78 is 0. The van der Waals surface area contributed by atoms with Gasteiger partial charge in [0.2, 0.25) is 11.8 Å². The van der Waals surface area contributed by atoms with Crippen molar-refractivity contribution in [3.63, 3.8) is 0 Å². The number of hydrogen-bond acceptors (Lipinski definition) is 10. The summed E-state index contributed by atoms with van der Waals surface area (Å²) >= 11 is 0. The minimum atomic E-state index is -1.32. The second-order valence-corrected chi connectivity index (χ2v) is 12.7. The SMILES string of the molecule is C[C@@H]1CCN(C(=O)CC(=N)C(C#N)C(=O)N2CC[C@@H](C)[C@@H](N(C)c3ncnc4[nH]ccc34)C2)C[C@@H]1N(C)c1ncnc2[nH]ccc12. The van der Waals surface area contributed by atoms with E-state index in [1.165, 1.54) is 12.7 Å². The first-order valence-electron chi connectivity index (χ1n) is 15.7. The van der Waals surface area contributed by atoms with Crippen LogP contribution in [-0.4, -0.2) is 110 Å². The number of nitrogens with one attached hydrogen (secondary N) is 3. The van der Waals surface area contributed by atoms with Gasteiger partial charge in [0.15, 0.2) is 5.92 Å². The zero-order valence-corrected chi connectivity index (χ0v) is 26.6. The molecule has 6 rings (SSSR count). The van der Waals surface area contributed by atoms with Crippen LogP contribution in [0.5, 0.6) is 0 Å². The van der Waals surface area contributed by atoms with E-state index in [1.54, 1.807) is 9.80 Å². The van der Waals surface area contributed by atoms with Crippen molar-refractivity contribution in [1.29, 1.82) is 10.7 Å². The zero-order valence-electron chi connectivity index (χ0n) is 26.6. The van der Waals surface area contributed by atoms with E-state index in [-0.39, 0.29) is 36.0 Å². The Morgan fingerprint density at radius 2 is 1.41 bits per heavy atom. The number of likely N-dealkylation sites (N-methyl/N-ethyl adjacent to an activating group) is 2. The van der Waals surface area contributed by atoms with Crippen molar-refractivity contribution in [1.82, 2.24) is 39.7 Å². The lowest BCUT2D eigenvalue weighted by Crippen LogP contribution is -2.55. The topological polar surface area (TPSA) is 178 Å². The minimum absolute atomic E-state index is 0.0000648. The lowest BCUT2D eigenvalue weighted by molar-refractivity contribution is -0.133. The third-order valence-electron chi connectivity index (χ3n) is 9.90. The molecular weight excluding hydrogens is 584 g/mol. The van der Waals surface area contributed by atoms with E-state index in [2.05, 4.69) is 53.6 Å². The van der Waals surface area contributed by atoms with Gasteiger partial charge in [-0.3, -0.25) is 9.59 Å². The molecule has 6 heterocycles. The molecule has 2 aliphatic rings. The molecule has 14 nitrogen and oxygen atoms in total. The first-order valence-corrected chi connectivity index (χ1v) is 15.7. The molecule has 0 radical (unpaired) electrons. The Balaban J connectivity index is 1.10. The zero-order chi connectivity index (χ0) is 32.5. The second-order valence-electron chi connectivity index (χ2n) is 12.7. The Bertz CT molecular complexity index is 1790. The molecule has 0 spiro atoms. The van der Waals surface area contributed by atoms with Crippen molar-refractivity contribution in [3.05, 3.63) is 37.2 Å². The van der Waals surface area contributed by atoms with Crippen LogP contribution in [0, 0.1) is 34.5 Å². The van der Waals surface area contributed by atoms with E-state index < -0.39 is 11.8 Å². The molecule has 2 saturated heterocycles. The van der Waals surface area contributed by atoms with Gasteiger partial charge in [-0.15, -0.1) is 0 Å². The Morgan fingerprint density at radius 1 is 0.913 bits per heavy atom. The molecule has 2 aliphatic heterocycles. The number of carbonyl (C=O) groups is 2. The number of aromatic amines is 2. The summed E-state index contributed by atoms with van der Waals surface area (Å²) in [5.74, 6) is 0.133. The summed E-state index contributed by atoms with van der Waals surface area (Å²) in [6.07, 6.45) is 7.96. The number of carbonyl (C=O) groups excluding carboxylic acids is 2. The van der Waals surface area contributed by atoms with E-state index in [0.29, 0.717) is 32.1 Å². The molecule has 240 valence electrons. The van der Waals surface area contributed by atoms with Crippen molar-refractivity contribution in [2.45, 2.75) is 45.2 Å². The Hall–Kier alpha value is -5.06. The van der Waals surface area contributed by atoms with Crippen LogP contribution in [0.1, 0.15) is 33.1 Å². The monoisotopic (exact) mass is 624 g/mol. The number of nitrogens with zero attached hydrogens (tertiary/aromatic N) is 9. The molecule has 4 aromatic heterocycles. The molecule has 46 heavy (non-hydrogen) atoms. The number of rotatable bonds is 8. The molecule has 3 N–H and O–H groups in total. The van der Waals surface area contributed by atoms with Gasteiger partial charge in [-0.25, -0.2) is 19.9 Å². The van der Waals surface area contributed by atoms with Gasteiger partial charge in [-0.2, -0.15) is 5.26 Å². The Labute approximate surface area is 267 Å². The number of hydrogen-bond donors (Lipinski definition) is 3. The van der Waals surface area contributed by atoms with Crippen LogP contribution in [0.25, 0.3) is 22.1 Å². The summed E-state index contributed by atoms with van der Waals surface area (Å²) in [5.41, 5.74) is 1.32. The third-order valence-corrected chi connectivity index (χ3v) is 9.90. The van der Waals surface area contributed by atoms with Crippen molar-refractivity contribution in [2.24, 2.45) is 17.8 Å². The maximum Gasteiger partial charge on any atom is 0.245 e. The average Bonchev–Trinajstić information content (AvgIpc) is 3.75. The quantitative estimate of drug-likeness (QED) is 0.249. The number of piperidine rings is 2. The number of amides is 2. The number of nitriles is 1. The highest BCUT2D eigenvalue weighted by Crippen LogP contribution is 2.31. The number of fused-ring (bicyclic) bond motifs is 2. The van der Waals surface area contributed by atoms with Crippen molar-refractivity contribution < 1.29 is 9.59 Å². The fraction of sp³-hybridized carbons (Fsp3) is 0.500. The van der Waals surface area contributed by atoms with Crippen LogP contribution in [0.2, 0.25) is 0 Å². The third kappa shape index (κ3) is 5.73. The van der Waals surface area contributed by atoms with Gasteiger partial charge in [-0.1, -0.05) is 13.8 Å². The molecule has 2 fully saturated rings. The first-order chi connectivity index (χ1) is 22.2. The van der Waals surface area contributed by atoms with Crippen molar-refractivity contribution in [2.75, 3.05) is 50.1 Å². The van der Waals surface area contributed by atoms with Crippen molar-refractivity contribution >= 4 is 51.2 Å². The van der Waals surface area contributed by atoms with Crippen LogP contribution >= 0.6 is 0 Å². The highest BCUT2D eigenvalue weighted by atomic mass is 16.2. The van der Waals surface area contributed by atoms with E-state index in [1.807, 2.05) is 44.7 Å². The molecule has 1 unspecified atom stereocenters. The summed E-state index contributed by atoms with van der Waals surface area (Å²) in [6.45, 7) is 6.21. The largest absolute Gasteiger partial charge is 0.354 e. The molecule has 0 aliphatic carbocycles. The highest BCUT2D eigenvalue weighted by Gasteiger charge is 2.38. The lowest BCUT2D eigenvalue weighted by atomic mass is 9.90. The molecule has 5 atom stereocenters.